The Hall–Kier alpha value is -2.51. The average molecular weight is 474 g/mol. The van der Waals surface area contributed by atoms with Gasteiger partial charge in [0.25, 0.3) is 0 Å². The Morgan fingerprint density at radius 3 is 2.45 bits per heavy atom. The van der Waals surface area contributed by atoms with Crippen LogP contribution < -0.4 is 14.2 Å². The molecule has 2 aromatic carbocycles. The highest BCUT2D eigenvalue weighted by Crippen LogP contribution is 2.36. The minimum Gasteiger partial charge on any atom is -0.493 e. The number of hydrogen-bond acceptors (Lipinski definition) is 6. The lowest BCUT2D eigenvalue weighted by atomic mass is 10.0. The van der Waals surface area contributed by atoms with Gasteiger partial charge in [-0.1, -0.05) is 26.0 Å². The van der Waals surface area contributed by atoms with Crippen molar-refractivity contribution in [1.29, 1.82) is 0 Å². The summed E-state index contributed by atoms with van der Waals surface area (Å²) in [6.07, 6.45) is 4.11. The second-order valence-corrected chi connectivity index (χ2v) is 11.4. The summed E-state index contributed by atoms with van der Waals surface area (Å²) in [7, 11) is -0.542. The van der Waals surface area contributed by atoms with Crippen molar-refractivity contribution in [1.82, 2.24) is 4.90 Å². The second kappa shape index (κ2) is 9.77. The minimum absolute atomic E-state index is 0.0854. The summed E-state index contributed by atoms with van der Waals surface area (Å²) in [4.78, 5) is 2.24. The maximum Gasteiger partial charge on any atom is 0.191 e. The van der Waals surface area contributed by atoms with E-state index in [-0.39, 0.29) is 16.4 Å². The number of nitrogens with zero attached hydrogens (tertiary/aromatic N) is 1. The predicted molar refractivity (Wildman–Crippen MR) is 132 cm³/mol. The lowest BCUT2D eigenvalue weighted by Crippen LogP contribution is -2.33. The molecule has 0 amide bonds. The van der Waals surface area contributed by atoms with Crippen LogP contribution in [0.5, 0.6) is 17.2 Å². The van der Waals surface area contributed by atoms with E-state index >= 15 is 0 Å². The van der Waals surface area contributed by atoms with Gasteiger partial charge in [0.2, 0.25) is 0 Å². The Morgan fingerprint density at radius 1 is 1.09 bits per heavy atom. The summed E-state index contributed by atoms with van der Waals surface area (Å²) in [5, 5.41) is 0. The largest absolute Gasteiger partial charge is 0.493 e. The summed E-state index contributed by atoms with van der Waals surface area (Å²) in [5.41, 5.74) is 2.28. The van der Waals surface area contributed by atoms with Gasteiger partial charge in [-0.25, -0.2) is 8.42 Å². The molecule has 0 bridgehead atoms. The fourth-order valence-corrected chi connectivity index (χ4v) is 5.83. The summed E-state index contributed by atoms with van der Waals surface area (Å²) in [6.45, 7) is 11.1. The van der Waals surface area contributed by atoms with Crippen LogP contribution >= 0.6 is 0 Å². The predicted octanol–water partition coefficient (Wildman–Crippen LogP) is 5.09. The van der Waals surface area contributed by atoms with Crippen LogP contribution in [0, 0.1) is 12.8 Å². The van der Waals surface area contributed by atoms with Crippen molar-refractivity contribution in [3.05, 3.63) is 53.1 Å². The third kappa shape index (κ3) is 5.89. The molecule has 0 spiro atoms. The molecule has 1 heterocycles. The minimum atomic E-state index is -3.59. The van der Waals surface area contributed by atoms with Gasteiger partial charge in [-0.2, -0.15) is 0 Å². The zero-order chi connectivity index (χ0) is 24.4. The van der Waals surface area contributed by atoms with Crippen LogP contribution in [0.2, 0.25) is 0 Å². The summed E-state index contributed by atoms with van der Waals surface area (Å²) < 4.78 is 43.6. The lowest BCUT2D eigenvalue weighted by Gasteiger charge is -2.29. The molecular formula is C26H35NO5S. The van der Waals surface area contributed by atoms with E-state index in [1.807, 2.05) is 37.0 Å². The first-order valence-corrected chi connectivity index (χ1v) is 12.8. The highest BCUT2D eigenvalue weighted by Gasteiger charge is 2.26. The number of fused-ring (bicyclic) bond motifs is 1. The third-order valence-electron chi connectivity index (χ3n) is 5.57. The zero-order valence-corrected chi connectivity index (χ0v) is 21.5. The highest BCUT2D eigenvalue weighted by atomic mass is 32.2. The Kier molecular flexibility index (Phi) is 7.44. The van der Waals surface area contributed by atoms with E-state index in [1.165, 1.54) is 14.2 Å². The van der Waals surface area contributed by atoms with Gasteiger partial charge in [-0.3, -0.25) is 4.90 Å². The van der Waals surface area contributed by atoms with Crippen LogP contribution in [0.3, 0.4) is 0 Å². The lowest BCUT2D eigenvalue weighted by molar-refractivity contribution is 0.159. The van der Waals surface area contributed by atoms with Crippen LogP contribution in [-0.2, 0) is 16.4 Å². The molecular weight excluding hydrogens is 438 g/mol. The van der Waals surface area contributed by atoms with Gasteiger partial charge in [-0.15, -0.1) is 0 Å². The van der Waals surface area contributed by atoms with Gasteiger partial charge in [0, 0.05) is 24.2 Å². The molecule has 0 atom stereocenters. The molecule has 6 nitrogen and oxygen atoms in total. The molecule has 0 unspecified atom stereocenters. The number of sulfone groups is 1. The molecule has 0 fully saturated rings. The Labute approximate surface area is 198 Å². The smallest absolute Gasteiger partial charge is 0.191 e. The molecule has 0 aromatic heterocycles. The normalized spacial score (nSPS) is 14.8. The monoisotopic (exact) mass is 473 g/mol. The van der Waals surface area contributed by atoms with Gasteiger partial charge in [0.05, 0.1) is 19.1 Å². The summed E-state index contributed by atoms with van der Waals surface area (Å²) in [6, 6.07) is 9.29. The Bertz CT molecular complexity index is 1140. The van der Waals surface area contributed by atoms with E-state index in [9.17, 15) is 8.42 Å². The van der Waals surface area contributed by atoms with Gasteiger partial charge in [-0.05, 0) is 62.6 Å². The zero-order valence-electron chi connectivity index (χ0n) is 20.6. The van der Waals surface area contributed by atoms with Crippen molar-refractivity contribution in [3.8, 4) is 17.2 Å². The molecule has 7 heteroatoms. The van der Waals surface area contributed by atoms with E-state index in [4.69, 9.17) is 14.2 Å². The topological polar surface area (TPSA) is 65.1 Å². The van der Waals surface area contributed by atoms with Crippen LogP contribution in [0.1, 0.15) is 44.4 Å². The first-order valence-electron chi connectivity index (χ1n) is 11.1. The van der Waals surface area contributed by atoms with Crippen molar-refractivity contribution < 1.29 is 22.6 Å². The Balaban J connectivity index is 1.87. The first-order chi connectivity index (χ1) is 15.5. The van der Waals surface area contributed by atoms with Crippen molar-refractivity contribution >= 4 is 15.9 Å². The molecule has 0 saturated carbocycles. The second-order valence-electron chi connectivity index (χ2n) is 9.48. The quantitative estimate of drug-likeness (QED) is 0.506. The number of benzene rings is 2. The van der Waals surface area contributed by atoms with Crippen molar-refractivity contribution in [2.45, 2.75) is 51.7 Å². The summed E-state index contributed by atoms with van der Waals surface area (Å²) in [5.74, 6) is 2.03. The van der Waals surface area contributed by atoms with E-state index in [1.54, 1.807) is 19.1 Å². The van der Waals surface area contributed by atoms with E-state index < -0.39 is 9.84 Å². The average Bonchev–Trinajstić information content (AvgIpc) is 2.72. The van der Waals surface area contributed by atoms with E-state index in [0.717, 1.165) is 16.9 Å². The maximum absolute atomic E-state index is 13.4. The standard InChI is InChI=1S/C26H35NO5S/c1-18(2)15-27(16-20-8-9-22-21(14-20)12-13-26(4,5)32-22)17-33(28,29)24-11-10-23(30-6)25(31-7)19(24)3/h8-14,18H,15-17H2,1-7H3. The summed E-state index contributed by atoms with van der Waals surface area (Å²) >= 11 is 0. The van der Waals surface area contributed by atoms with Gasteiger partial charge >= 0.3 is 0 Å². The number of rotatable bonds is 9. The molecule has 2 aromatic rings. The molecule has 1 aliphatic rings. The van der Waals surface area contributed by atoms with Crippen LogP contribution in [0.25, 0.3) is 6.08 Å². The number of hydrogen-bond donors (Lipinski definition) is 0. The molecule has 33 heavy (non-hydrogen) atoms. The number of ether oxygens (including phenoxy) is 3. The third-order valence-corrected chi connectivity index (χ3v) is 7.39. The maximum atomic E-state index is 13.4. The number of methoxy groups -OCH3 is 2. The molecule has 180 valence electrons. The van der Waals surface area contributed by atoms with Gasteiger partial charge in [0.1, 0.15) is 17.2 Å². The fraction of sp³-hybridized carbons (Fsp3) is 0.462. The molecule has 1 aliphatic heterocycles. The molecule has 0 aliphatic carbocycles. The van der Waals surface area contributed by atoms with E-state index in [0.29, 0.717) is 36.1 Å². The SMILES string of the molecule is COc1ccc(S(=O)(=O)CN(Cc2ccc3c(c2)C=CC(C)(C)O3)CC(C)C)c(C)c1OC. The Morgan fingerprint density at radius 2 is 1.82 bits per heavy atom. The first kappa shape index (κ1) is 25.1. The molecule has 3 rings (SSSR count). The van der Waals surface area contributed by atoms with Crippen LogP contribution in [0.4, 0.5) is 0 Å². The highest BCUT2D eigenvalue weighted by molar-refractivity contribution is 7.91. The van der Waals surface area contributed by atoms with Crippen LogP contribution in [0.15, 0.2) is 41.3 Å². The fourth-order valence-electron chi connectivity index (χ4n) is 4.17. The van der Waals surface area contributed by atoms with E-state index in [2.05, 4.69) is 26.0 Å². The van der Waals surface area contributed by atoms with Gasteiger partial charge in [0.15, 0.2) is 21.3 Å². The van der Waals surface area contributed by atoms with Crippen molar-refractivity contribution in [3.63, 3.8) is 0 Å². The van der Waals surface area contributed by atoms with Crippen LogP contribution in [-0.4, -0.2) is 45.6 Å². The molecule has 0 N–H and O–H groups in total. The van der Waals surface area contributed by atoms with Gasteiger partial charge < -0.3 is 14.2 Å². The van der Waals surface area contributed by atoms with Crippen molar-refractivity contribution in [2.75, 3.05) is 26.6 Å². The molecule has 0 radical (unpaired) electrons. The van der Waals surface area contributed by atoms with Crippen molar-refractivity contribution in [2.24, 2.45) is 5.92 Å². The molecule has 0 saturated heterocycles.